The molecule has 1 aliphatic rings. The van der Waals surface area contributed by atoms with Gasteiger partial charge in [0.2, 0.25) is 15.9 Å². The Hall–Kier alpha value is -1.37. The van der Waals surface area contributed by atoms with Crippen LogP contribution in [-0.2, 0) is 14.8 Å². The lowest BCUT2D eigenvalue weighted by molar-refractivity contribution is -0.116. The summed E-state index contributed by atoms with van der Waals surface area (Å²) in [7, 11) is -3.52. The zero-order valence-corrected chi connectivity index (χ0v) is 14.7. The van der Waals surface area contributed by atoms with Gasteiger partial charge in [0, 0.05) is 24.7 Å². The molecule has 1 fully saturated rings. The molecule has 0 saturated carbocycles. The molecule has 1 heterocycles. The number of carbonyl (C=O) groups excluding carboxylic acids is 1. The lowest BCUT2D eigenvalue weighted by Crippen LogP contribution is -2.41. The molecule has 0 radical (unpaired) electrons. The average molecular weight is 357 g/mol. The van der Waals surface area contributed by atoms with Gasteiger partial charge in [0.25, 0.3) is 0 Å². The summed E-state index contributed by atoms with van der Waals surface area (Å²) in [6.45, 7) is 6.68. The average Bonchev–Trinajstić information content (AvgIpc) is 2.55. The standard InChI is InChI=1S/C16H21ClN2O3S/c1-3-16(20)18-11-13-6-8-19(9-7-13)23(21,22)14-5-4-12(2)15(17)10-14/h3-5,10,13H,1,6-9,11H2,2H3,(H,18,20). The molecule has 126 valence electrons. The first-order chi connectivity index (χ1) is 10.8. The molecule has 1 amide bonds. The largest absolute Gasteiger partial charge is 0.352 e. The minimum absolute atomic E-state index is 0.200. The highest BCUT2D eigenvalue weighted by molar-refractivity contribution is 7.89. The second-order valence-electron chi connectivity index (χ2n) is 5.71. The number of carbonyl (C=O) groups is 1. The topological polar surface area (TPSA) is 66.5 Å². The van der Waals surface area contributed by atoms with Gasteiger partial charge in [0.05, 0.1) is 4.90 Å². The van der Waals surface area contributed by atoms with Crippen LogP contribution in [0.2, 0.25) is 5.02 Å². The first kappa shape index (κ1) is 18.0. The number of hydrogen-bond donors (Lipinski definition) is 1. The summed E-state index contributed by atoms with van der Waals surface area (Å²) in [5, 5.41) is 3.21. The number of amides is 1. The fourth-order valence-corrected chi connectivity index (χ4v) is 4.30. The van der Waals surface area contributed by atoms with E-state index in [-0.39, 0.29) is 16.7 Å². The van der Waals surface area contributed by atoms with Crippen LogP contribution in [0.5, 0.6) is 0 Å². The number of sulfonamides is 1. The van der Waals surface area contributed by atoms with E-state index in [4.69, 9.17) is 11.6 Å². The highest BCUT2D eigenvalue weighted by Crippen LogP contribution is 2.26. The Labute approximate surface area is 142 Å². The molecule has 0 bridgehead atoms. The van der Waals surface area contributed by atoms with Crippen LogP contribution < -0.4 is 5.32 Å². The van der Waals surface area contributed by atoms with Gasteiger partial charge in [-0.2, -0.15) is 4.31 Å². The summed E-state index contributed by atoms with van der Waals surface area (Å²) < 4.78 is 26.8. The Morgan fingerprint density at radius 2 is 2.09 bits per heavy atom. The third-order valence-corrected chi connectivity index (χ3v) is 6.41. The summed E-state index contributed by atoms with van der Waals surface area (Å²) in [4.78, 5) is 11.4. The van der Waals surface area contributed by atoms with Crippen molar-refractivity contribution < 1.29 is 13.2 Å². The number of aryl methyl sites for hydroxylation is 1. The zero-order valence-electron chi connectivity index (χ0n) is 13.1. The number of rotatable bonds is 5. The van der Waals surface area contributed by atoms with Gasteiger partial charge in [-0.05, 0) is 49.5 Å². The molecule has 1 N–H and O–H groups in total. The number of nitrogens with one attached hydrogen (secondary N) is 1. The molecule has 23 heavy (non-hydrogen) atoms. The highest BCUT2D eigenvalue weighted by Gasteiger charge is 2.29. The van der Waals surface area contributed by atoms with Gasteiger partial charge in [-0.1, -0.05) is 24.2 Å². The van der Waals surface area contributed by atoms with E-state index >= 15 is 0 Å². The molecule has 0 aromatic heterocycles. The van der Waals surface area contributed by atoms with Gasteiger partial charge in [0.1, 0.15) is 0 Å². The number of halogens is 1. The van der Waals surface area contributed by atoms with E-state index in [0.29, 0.717) is 24.7 Å². The van der Waals surface area contributed by atoms with Crippen LogP contribution in [0, 0.1) is 12.8 Å². The van der Waals surface area contributed by atoms with Crippen molar-refractivity contribution in [2.24, 2.45) is 5.92 Å². The molecule has 0 atom stereocenters. The van der Waals surface area contributed by atoms with Crippen molar-refractivity contribution in [1.82, 2.24) is 9.62 Å². The maximum Gasteiger partial charge on any atom is 0.243 e. The lowest BCUT2D eigenvalue weighted by atomic mass is 9.98. The van der Waals surface area contributed by atoms with Crippen LogP contribution >= 0.6 is 11.6 Å². The molecule has 7 heteroatoms. The Bertz CT molecular complexity index is 695. The Morgan fingerprint density at radius 3 is 2.65 bits per heavy atom. The fraction of sp³-hybridized carbons (Fsp3) is 0.438. The molecule has 2 rings (SSSR count). The number of benzene rings is 1. The summed E-state index contributed by atoms with van der Waals surface area (Å²) in [5.41, 5.74) is 0.849. The lowest BCUT2D eigenvalue weighted by Gasteiger charge is -2.31. The minimum Gasteiger partial charge on any atom is -0.352 e. The van der Waals surface area contributed by atoms with Crippen molar-refractivity contribution in [3.05, 3.63) is 41.4 Å². The Kier molecular flexibility index (Phi) is 5.84. The summed E-state index contributed by atoms with van der Waals surface area (Å²) >= 11 is 6.04. The van der Waals surface area contributed by atoms with E-state index in [1.807, 2.05) is 6.92 Å². The third kappa shape index (κ3) is 4.34. The second-order valence-corrected chi connectivity index (χ2v) is 8.05. The molecule has 1 aromatic rings. The third-order valence-electron chi connectivity index (χ3n) is 4.10. The van der Waals surface area contributed by atoms with Crippen LogP contribution in [0.15, 0.2) is 35.7 Å². The van der Waals surface area contributed by atoms with Gasteiger partial charge >= 0.3 is 0 Å². The predicted molar refractivity (Wildman–Crippen MR) is 90.9 cm³/mol. The molecule has 1 aliphatic heterocycles. The first-order valence-corrected chi connectivity index (χ1v) is 9.33. The van der Waals surface area contributed by atoms with E-state index < -0.39 is 10.0 Å². The van der Waals surface area contributed by atoms with Crippen molar-refractivity contribution >= 4 is 27.5 Å². The fourth-order valence-electron chi connectivity index (χ4n) is 2.55. The quantitative estimate of drug-likeness (QED) is 0.823. The van der Waals surface area contributed by atoms with Gasteiger partial charge < -0.3 is 5.32 Å². The van der Waals surface area contributed by atoms with E-state index in [9.17, 15) is 13.2 Å². The van der Waals surface area contributed by atoms with Crippen LogP contribution in [-0.4, -0.2) is 38.3 Å². The van der Waals surface area contributed by atoms with Crippen molar-refractivity contribution in [3.63, 3.8) is 0 Å². The SMILES string of the molecule is C=CC(=O)NCC1CCN(S(=O)(=O)c2ccc(C)c(Cl)c2)CC1. The summed E-state index contributed by atoms with van der Waals surface area (Å²) in [6, 6.07) is 4.81. The summed E-state index contributed by atoms with van der Waals surface area (Å²) in [6.07, 6.45) is 2.67. The smallest absolute Gasteiger partial charge is 0.243 e. The van der Waals surface area contributed by atoms with Crippen molar-refractivity contribution in [2.45, 2.75) is 24.7 Å². The second kappa shape index (κ2) is 7.47. The molecule has 5 nitrogen and oxygen atoms in total. The van der Waals surface area contributed by atoms with Gasteiger partial charge in [-0.25, -0.2) is 8.42 Å². The van der Waals surface area contributed by atoms with Crippen LogP contribution in [0.1, 0.15) is 18.4 Å². The number of nitrogens with zero attached hydrogens (tertiary/aromatic N) is 1. The molecular formula is C16H21ClN2O3S. The van der Waals surface area contributed by atoms with Crippen LogP contribution in [0.25, 0.3) is 0 Å². The van der Waals surface area contributed by atoms with Crippen LogP contribution in [0.3, 0.4) is 0 Å². The first-order valence-electron chi connectivity index (χ1n) is 7.51. The van der Waals surface area contributed by atoms with Gasteiger partial charge in [-0.3, -0.25) is 4.79 Å². The van der Waals surface area contributed by atoms with E-state index in [1.54, 1.807) is 12.1 Å². The molecule has 0 spiro atoms. The highest BCUT2D eigenvalue weighted by atomic mass is 35.5. The Morgan fingerprint density at radius 1 is 1.43 bits per heavy atom. The van der Waals surface area contributed by atoms with Crippen molar-refractivity contribution in [3.8, 4) is 0 Å². The normalized spacial score (nSPS) is 17.0. The maximum absolute atomic E-state index is 12.7. The maximum atomic E-state index is 12.7. The molecule has 0 unspecified atom stereocenters. The number of piperidine rings is 1. The van der Waals surface area contributed by atoms with Crippen LogP contribution in [0.4, 0.5) is 0 Å². The molecular weight excluding hydrogens is 336 g/mol. The monoisotopic (exact) mass is 356 g/mol. The number of hydrogen-bond acceptors (Lipinski definition) is 3. The Balaban J connectivity index is 1.99. The molecule has 0 aliphatic carbocycles. The molecule has 1 aromatic carbocycles. The van der Waals surface area contributed by atoms with E-state index in [0.717, 1.165) is 18.4 Å². The van der Waals surface area contributed by atoms with Gasteiger partial charge in [-0.15, -0.1) is 0 Å². The molecule has 1 saturated heterocycles. The van der Waals surface area contributed by atoms with Gasteiger partial charge in [0.15, 0.2) is 0 Å². The summed E-state index contributed by atoms with van der Waals surface area (Å²) in [5.74, 6) is 0.0845. The van der Waals surface area contributed by atoms with Crippen molar-refractivity contribution in [1.29, 1.82) is 0 Å². The van der Waals surface area contributed by atoms with E-state index in [1.165, 1.54) is 16.4 Å². The van der Waals surface area contributed by atoms with Crippen molar-refractivity contribution in [2.75, 3.05) is 19.6 Å². The van der Waals surface area contributed by atoms with E-state index in [2.05, 4.69) is 11.9 Å². The zero-order chi connectivity index (χ0) is 17.0. The minimum atomic E-state index is -3.52. The predicted octanol–water partition coefficient (Wildman–Crippen LogP) is 2.35.